The number of rotatable bonds is 7. The molecule has 0 aliphatic heterocycles. The number of methoxy groups -OCH3 is 1. The summed E-state index contributed by atoms with van der Waals surface area (Å²) in [7, 11) is 1.48. The van der Waals surface area contributed by atoms with Gasteiger partial charge in [0, 0.05) is 23.6 Å². The molecule has 7 nitrogen and oxygen atoms in total. The van der Waals surface area contributed by atoms with Crippen LogP contribution in [0.4, 0.5) is 0 Å². The van der Waals surface area contributed by atoms with E-state index < -0.39 is 5.97 Å². The Kier molecular flexibility index (Phi) is 6.84. The molecule has 4 rings (SSSR count). The van der Waals surface area contributed by atoms with Gasteiger partial charge < -0.3 is 14.0 Å². The van der Waals surface area contributed by atoms with Crippen LogP contribution in [0.3, 0.4) is 0 Å². The van der Waals surface area contributed by atoms with Crippen molar-refractivity contribution in [2.24, 2.45) is 5.10 Å². The number of hydrogen-bond donors (Lipinski definition) is 1. The zero-order valence-electron chi connectivity index (χ0n) is 18.8. The van der Waals surface area contributed by atoms with Gasteiger partial charge >= 0.3 is 5.97 Å². The molecule has 7 heteroatoms. The number of aryl methyl sites for hydroxylation is 1. The summed E-state index contributed by atoms with van der Waals surface area (Å²) in [5, 5.41) is 4.02. The number of ether oxygens (including phenoxy) is 2. The first kappa shape index (κ1) is 22.5. The number of benzene rings is 3. The van der Waals surface area contributed by atoms with Crippen molar-refractivity contribution in [1.29, 1.82) is 0 Å². The Morgan fingerprint density at radius 2 is 1.56 bits per heavy atom. The monoisotopic (exact) mass is 453 g/mol. The highest BCUT2D eigenvalue weighted by Gasteiger charge is 2.13. The molecule has 0 aliphatic carbocycles. The summed E-state index contributed by atoms with van der Waals surface area (Å²) in [6, 6.07) is 23.2. The lowest BCUT2D eigenvalue weighted by atomic mass is 10.1. The molecule has 1 heterocycles. The van der Waals surface area contributed by atoms with Crippen LogP contribution in [0.5, 0.6) is 11.5 Å². The molecule has 0 saturated heterocycles. The minimum absolute atomic E-state index is 0.289. The molecule has 0 spiro atoms. The molecule has 0 aliphatic rings. The van der Waals surface area contributed by atoms with Crippen LogP contribution in [-0.2, 0) is 0 Å². The normalized spacial score (nSPS) is 10.8. The van der Waals surface area contributed by atoms with Crippen molar-refractivity contribution in [3.05, 3.63) is 114 Å². The average Bonchev–Trinajstić information content (AvgIpc) is 3.40. The summed E-state index contributed by atoms with van der Waals surface area (Å²) in [6.07, 6.45) is 5.35. The highest BCUT2D eigenvalue weighted by atomic mass is 16.6. The van der Waals surface area contributed by atoms with Gasteiger partial charge in [-0.1, -0.05) is 17.7 Å². The SMILES string of the molecule is COc1cc(/C=N/NC(=O)c2ccc(-n3cccc3)cc2)ccc1OC(=O)c1ccc(C)cc1. The fourth-order valence-corrected chi connectivity index (χ4v) is 3.22. The number of esters is 1. The topological polar surface area (TPSA) is 81.9 Å². The number of hydrogen-bond acceptors (Lipinski definition) is 5. The second-order valence-corrected chi connectivity index (χ2v) is 7.50. The fourth-order valence-electron chi connectivity index (χ4n) is 3.22. The van der Waals surface area contributed by atoms with Gasteiger partial charge in [0.15, 0.2) is 11.5 Å². The quantitative estimate of drug-likeness (QED) is 0.189. The lowest BCUT2D eigenvalue weighted by molar-refractivity contribution is 0.0729. The molecule has 0 saturated carbocycles. The molecule has 1 N–H and O–H groups in total. The number of nitrogens with one attached hydrogen (secondary N) is 1. The van der Waals surface area contributed by atoms with E-state index in [0.29, 0.717) is 22.4 Å². The highest BCUT2D eigenvalue weighted by molar-refractivity contribution is 5.95. The minimum Gasteiger partial charge on any atom is -0.493 e. The molecule has 0 fully saturated rings. The van der Waals surface area contributed by atoms with Gasteiger partial charge in [0.1, 0.15) is 0 Å². The Balaban J connectivity index is 1.38. The Bertz CT molecular complexity index is 1310. The minimum atomic E-state index is -0.477. The van der Waals surface area contributed by atoms with Gasteiger partial charge in [0.25, 0.3) is 5.91 Å². The van der Waals surface area contributed by atoms with Crippen molar-refractivity contribution >= 4 is 18.1 Å². The van der Waals surface area contributed by atoms with Crippen LogP contribution < -0.4 is 14.9 Å². The van der Waals surface area contributed by atoms with E-state index >= 15 is 0 Å². The lowest BCUT2D eigenvalue weighted by Crippen LogP contribution is -2.17. The van der Waals surface area contributed by atoms with Crippen LogP contribution in [0.25, 0.3) is 5.69 Å². The Hall–Kier alpha value is -4.65. The molecular formula is C27H23N3O4. The molecule has 0 bridgehead atoms. The van der Waals surface area contributed by atoms with Gasteiger partial charge in [-0.3, -0.25) is 4.79 Å². The third kappa shape index (κ3) is 5.39. The van der Waals surface area contributed by atoms with E-state index in [1.807, 2.05) is 60.3 Å². The van der Waals surface area contributed by atoms with E-state index in [4.69, 9.17) is 9.47 Å². The standard InChI is InChI=1S/C27H23N3O4/c1-19-5-8-22(9-6-19)27(32)34-24-14-7-20(17-25(24)33-2)18-28-29-26(31)21-10-12-23(13-11-21)30-15-3-4-16-30/h3-18H,1-2H3,(H,29,31)/b28-18+. The summed E-state index contributed by atoms with van der Waals surface area (Å²) in [5.74, 6) is -0.144. The van der Waals surface area contributed by atoms with Crippen LogP contribution in [0.15, 0.2) is 96.4 Å². The Morgan fingerprint density at radius 1 is 0.882 bits per heavy atom. The van der Waals surface area contributed by atoms with Crippen LogP contribution >= 0.6 is 0 Å². The maximum atomic E-state index is 12.4. The summed E-state index contributed by atoms with van der Waals surface area (Å²) in [4.78, 5) is 24.8. The van der Waals surface area contributed by atoms with E-state index in [2.05, 4.69) is 10.5 Å². The Morgan fingerprint density at radius 3 is 2.24 bits per heavy atom. The van der Waals surface area contributed by atoms with Gasteiger partial charge in [-0.15, -0.1) is 0 Å². The maximum absolute atomic E-state index is 12.4. The van der Waals surface area contributed by atoms with Crippen molar-refractivity contribution in [2.45, 2.75) is 6.92 Å². The first-order valence-corrected chi connectivity index (χ1v) is 10.6. The van der Waals surface area contributed by atoms with Crippen LogP contribution in [0, 0.1) is 6.92 Å². The van der Waals surface area contributed by atoms with E-state index in [1.165, 1.54) is 13.3 Å². The average molecular weight is 453 g/mol. The number of amides is 1. The first-order valence-electron chi connectivity index (χ1n) is 10.6. The second-order valence-electron chi connectivity index (χ2n) is 7.50. The molecule has 1 amide bonds. The fraction of sp³-hybridized carbons (Fsp3) is 0.0741. The Labute approximate surface area is 197 Å². The zero-order chi connectivity index (χ0) is 23.9. The molecule has 4 aromatic rings. The highest BCUT2D eigenvalue weighted by Crippen LogP contribution is 2.28. The second kappa shape index (κ2) is 10.3. The smallest absolute Gasteiger partial charge is 0.343 e. The van der Waals surface area contributed by atoms with Gasteiger partial charge in [0.05, 0.1) is 18.9 Å². The zero-order valence-corrected chi connectivity index (χ0v) is 18.8. The lowest BCUT2D eigenvalue weighted by Gasteiger charge is -2.10. The van der Waals surface area contributed by atoms with E-state index in [0.717, 1.165) is 11.3 Å². The van der Waals surface area contributed by atoms with Gasteiger partial charge in [-0.05, 0) is 79.2 Å². The molecule has 0 radical (unpaired) electrons. The summed E-state index contributed by atoms with van der Waals surface area (Å²) in [6.45, 7) is 1.95. The third-order valence-electron chi connectivity index (χ3n) is 5.09. The van der Waals surface area contributed by atoms with E-state index in [-0.39, 0.29) is 11.7 Å². The number of carbonyl (C=O) groups is 2. The van der Waals surface area contributed by atoms with Crippen molar-refractivity contribution in [3.63, 3.8) is 0 Å². The molecule has 34 heavy (non-hydrogen) atoms. The van der Waals surface area contributed by atoms with Crippen LogP contribution in [-0.4, -0.2) is 29.8 Å². The molecule has 170 valence electrons. The van der Waals surface area contributed by atoms with E-state index in [1.54, 1.807) is 42.5 Å². The first-order chi connectivity index (χ1) is 16.5. The van der Waals surface area contributed by atoms with Crippen molar-refractivity contribution in [2.75, 3.05) is 7.11 Å². The van der Waals surface area contributed by atoms with Gasteiger partial charge in [0.2, 0.25) is 0 Å². The molecular weight excluding hydrogens is 430 g/mol. The summed E-state index contributed by atoms with van der Waals surface area (Å²) < 4.78 is 12.8. The number of hydrazone groups is 1. The number of carbonyl (C=O) groups excluding carboxylic acids is 2. The van der Waals surface area contributed by atoms with Crippen molar-refractivity contribution in [3.8, 4) is 17.2 Å². The van der Waals surface area contributed by atoms with Gasteiger partial charge in [-0.25, -0.2) is 10.2 Å². The van der Waals surface area contributed by atoms with Crippen LogP contribution in [0.1, 0.15) is 31.8 Å². The molecule has 1 aromatic heterocycles. The van der Waals surface area contributed by atoms with Crippen molar-refractivity contribution < 1.29 is 19.1 Å². The van der Waals surface area contributed by atoms with Crippen molar-refractivity contribution in [1.82, 2.24) is 9.99 Å². The predicted octanol–water partition coefficient (Wildman–Crippen LogP) is 4.78. The number of aromatic nitrogens is 1. The summed E-state index contributed by atoms with van der Waals surface area (Å²) in [5.41, 5.74) is 6.12. The third-order valence-corrected chi connectivity index (χ3v) is 5.09. The summed E-state index contributed by atoms with van der Waals surface area (Å²) >= 11 is 0. The predicted molar refractivity (Wildman–Crippen MR) is 130 cm³/mol. The molecule has 0 unspecified atom stereocenters. The molecule has 3 aromatic carbocycles. The van der Waals surface area contributed by atoms with Crippen LogP contribution in [0.2, 0.25) is 0 Å². The largest absolute Gasteiger partial charge is 0.493 e. The van der Waals surface area contributed by atoms with Gasteiger partial charge in [-0.2, -0.15) is 5.10 Å². The molecule has 0 atom stereocenters. The van der Waals surface area contributed by atoms with E-state index in [9.17, 15) is 9.59 Å². The maximum Gasteiger partial charge on any atom is 0.343 e. The number of nitrogens with zero attached hydrogens (tertiary/aromatic N) is 2.